The summed E-state index contributed by atoms with van der Waals surface area (Å²) in [7, 11) is 0. The fourth-order valence-electron chi connectivity index (χ4n) is 0.663. The second-order valence-electron chi connectivity index (χ2n) is 3.60. The Morgan fingerprint density at radius 1 is 1.60 bits per heavy atom. The van der Waals surface area contributed by atoms with Crippen LogP contribution in [0.4, 0.5) is 0 Å². The molecule has 3 nitrogen and oxygen atoms in total. The number of aliphatic hydroxyl groups excluding tert-OH is 1. The highest BCUT2D eigenvalue weighted by Crippen LogP contribution is 2.20. The third-order valence-electron chi connectivity index (χ3n) is 1.08. The van der Waals surface area contributed by atoms with Crippen molar-refractivity contribution in [3.05, 3.63) is 0 Å². The van der Waals surface area contributed by atoms with Crippen molar-refractivity contribution in [2.24, 2.45) is 5.41 Å². The Balaban J connectivity index is 3.80. The smallest absolute Gasteiger partial charge is 0.0938 e. The van der Waals surface area contributed by atoms with Crippen LogP contribution in [0, 0.1) is 5.41 Å². The van der Waals surface area contributed by atoms with Crippen molar-refractivity contribution >= 4 is 5.97 Å². The van der Waals surface area contributed by atoms with Gasteiger partial charge in [0.25, 0.3) is 0 Å². The minimum Gasteiger partial charge on any atom is -0.547 e. The molecule has 1 N–H and O–H groups in total. The van der Waals surface area contributed by atoms with Crippen molar-refractivity contribution in [1.82, 2.24) is 0 Å². The van der Waals surface area contributed by atoms with Crippen LogP contribution in [0.2, 0.25) is 0 Å². The van der Waals surface area contributed by atoms with E-state index >= 15 is 0 Å². The maximum atomic E-state index is 10.0. The highest BCUT2D eigenvalue weighted by molar-refractivity contribution is 5.69. The molecule has 0 amide bonds. The van der Waals surface area contributed by atoms with Crippen LogP contribution in [0.25, 0.3) is 0 Å². The molecule has 0 fully saturated rings. The number of carboxylic acids is 1. The van der Waals surface area contributed by atoms with Gasteiger partial charge in [-0.3, -0.25) is 0 Å². The lowest BCUT2D eigenvalue weighted by atomic mass is 9.89. The number of rotatable bonds is 2. The summed E-state index contributed by atoms with van der Waals surface area (Å²) >= 11 is 0. The average molecular weight is 145 g/mol. The fourth-order valence-corrected chi connectivity index (χ4v) is 0.663. The third-order valence-corrected chi connectivity index (χ3v) is 1.08. The van der Waals surface area contributed by atoms with Gasteiger partial charge in [0.15, 0.2) is 0 Å². The molecule has 60 valence electrons. The molecule has 0 aliphatic heterocycles. The van der Waals surface area contributed by atoms with Crippen molar-refractivity contribution in [3.63, 3.8) is 0 Å². The van der Waals surface area contributed by atoms with E-state index in [1.54, 1.807) is 0 Å². The number of hydrogen-bond acceptors (Lipinski definition) is 3. The summed E-state index contributed by atoms with van der Waals surface area (Å²) in [6.45, 7) is 5.58. The molecule has 0 saturated carbocycles. The predicted molar refractivity (Wildman–Crippen MR) is 35.1 cm³/mol. The van der Waals surface area contributed by atoms with Crippen molar-refractivity contribution in [2.45, 2.75) is 33.3 Å². The molecular weight excluding hydrogens is 132 g/mol. The number of hydrogen-bond donors (Lipinski definition) is 1. The minimum absolute atomic E-state index is 0.167. The number of aliphatic hydroxyl groups is 1. The van der Waals surface area contributed by atoms with E-state index in [0.717, 1.165) is 0 Å². The molecule has 0 bridgehead atoms. The number of carbonyl (C=O) groups excluding carboxylic acids is 1. The highest BCUT2D eigenvalue weighted by Gasteiger charge is 2.16. The molecule has 0 heterocycles. The molecule has 1 atom stereocenters. The quantitative estimate of drug-likeness (QED) is 0.571. The summed E-state index contributed by atoms with van der Waals surface area (Å²) in [5.41, 5.74) is -0.167. The van der Waals surface area contributed by atoms with E-state index in [1.165, 1.54) is 0 Å². The van der Waals surface area contributed by atoms with Crippen molar-refractivity contribution < 1.29 is 15.0 Å². The predicted octanol–water partition coefficient (Wildman–Crippen LogP) is -0.467. The minimum atomic E-state index is -1.39. The first-order chi connectivity index (χ1) is 4.33. The fraction of sp³-hybridized carbons (Fsp3) is 0.857. The van der Waals surface area contributed by atoms with E-state index in [-0.39, 0.29) is 11.8 Å². The van der Waals surface area contributed by atoms with Crippen LogP contribution in [0.3, 0.4) is 0 Å². The Bertz CT molecular complexity index is 123. The lowest BCUT2D eigenvalue weighted by Gasteiger charge is -2.22. The SMILES string of the molecule is CC(C)(C)CC(O)C(=O)[O-]. The van der Waals surface area contributed by atoms with Crippen LogP contribution < -0.4 is 5.11 Å². The van der Waals surface area contributed by atoms with E-state index < -0.39 is 12.1 Å². The average Bonchev–Trinajstić information content (AvgIpc) is 1.60. The van der Waals surface area contributed by atoms with Gasteiger partial charge in [-0.2, -0.15) is 0 Å². The van der Waals surface area contributed by atoms with Gasteiger partial charge in [-0.1, -0.05) is 20.8 Å². The zero-order chi connectivity index (χ0) is 8.36. The van der Waals surface area contributed by atoms with Crippen molar-refractivity contribution in [2.75, 3.05) is 0 Å². The van der Waals surface area contributed by atoms with E-state index in [1.807, 2.05) is 20.8 Å². The van der Waals surface area contributed by atoms with Gasteiger partial charge in [0, 0.05) is 0 Å². The summed E-state index contributed by atoms with van der Waals surface area (Å²) in [6, 6.07) is 0. The lowest BCUT2D eigenvalue weighted by Crippen LogP contribution is -2.37. The van der Waals surface area contributed by atoms with Crippen LogP contribution in [0.15, 0.2) is 0 Å². The van der Waals surface area contributed by atoms with Crippen molar-refractivity contribution in [3.8, 4) is 0 Å². The third kappa shape index (κ3) is 4.32. The number of carbonyl (C=O) groups is 1. The van der Waals surface area contributed by atoms with Gasteiger partial charge in [0.05, 0.1) is 12.1 Å². The largest absolute Gasteiger partial charge is 0.547 e. The summed E-state index contributed by atoms with van der Waals surface area (Å²) in [5.74, 6) is -1.39. The topological polar surface area (TPSA) is 60.4 Å². The van der Waals surface area contributed by atoms with Gasteiger partial charge in [-0.15, -0.1) is 0 Å². The number of aliphatic carboxylic acids is 1. The first-order valence-electron chi connectivity index (χ1n) is 3.22. The molecule has 0 saturated heterocycles. The summed E-state index contributed by atoms with van der Waals surface area (Å²) in [5, 5.41) is 18.8. The van der Waals surface area contributed by atoms with Crippen LogP contribution in [0.5, 0.6) is 0 Å². The monoisotopic (exact) mass is 145 g/mol. The molecule has 0 aliphatic rings. The molecule has 0 radical (unpaired) electrons. The van der Waals surface area contributed by atoms with Gasteiger partial charge in [0.1, 0.15) is 0 Å². The van der Waals surface area contributed by atoms with Crippen molar-refractivity contribution in [1.29, 1.82) is 0 Å². The van der Waals surface area contributed by atoms with Gasteiger partial charge in [-0.05, 0) is 11.8 Å². The van der Waals surface area contributed by atoms with Crippen LogP contribution in [-0.4, -0.2) is 17.2 Å². The summed E-state index contributed by atoms with van der Waals surface area (Å²) in [6.07, 6.45) is -1.10. The second kappa shape index (κ2) is 3.01. The Morgan fingerprint density at radius 2 is 2.00 bits per heavy atom. The van der Waals surface area contributed by atoms with E-state index in [4.69, 9.17) is 5.11 Å². The zero-order valence-electron chi connectivity index (χ0n) is 6.55. The molecule has 0 aromatic carbocycles. The van der Waals surface area contributed by atoms with Gasteiger partial charge >= 0.3 is 0 Å². The molecule has 0 aromatic heterocycles. The lowest BCUT2D eigenvalue weighted by molar-refractivity contribution is -0.315. The van der Waals surface area contributed by atoms with Gasteiger partial charge < -0.3 is 15.0 Å². The molecular formula is C7H13O3-. The number of carboxylic acid groups (broad SMARTS) is 1. The van der Waals surface area contributed by atoms with Gasteiger partial charge in [-0.25, -0.2) is 0 Å². The molecule has 0 rings (SSSR count). The van der Waals surface area contributed by atoms with Gasteiger partial charge in [0.2, 0.25) is 0 Å². The Labute approximate surface area is 60.7 Å². The molecule has 10 heavy (non-hydrogen) atoms. The molecule has 3 heteroatoms. The summed E-state index contributed by atoms with van der Waals surface area (Å²) in [4.78, 5) is 10.0. The molecule has 0 spiro atoms. The summed E-state index contributed by atoms with van der Waals surface area (Å²) < 4.78 is 0. The Kier molecular flexibility index (Phi) is 2.84. The first-order valence-corrected chi connectivity index (χ1v) is 3.22. The maximum absolute atomic E-state index is 10.0. The normalized spacial score (nSPS) is 14.8. The van der Waals surface area contributed by atoms with E-state index in [0.29, 0.717) is 0 Å². The maximum Gasteiger partial charge on any atom is 0.0938 e. The zero-order valence-corrected chi connectivity index (χ0v) is 6.55. The van der Waals surface area contributed by atoms with Crippen LogP contribution in [0.1, 0.15) is 27.2 Å². The van der Waals surface area contributed by atoms with Crippen LogP contribution >= 0.6 is 0 Å². The standard InChI is InChI=1S/C7H14O3/c1-7(2,3)4-5(8)6(9)10/h5,8H,4H2,1-3H3,(H,9,10)/p-1. The second-order valence-corrected chi connectivity index (χ2v) is 3.60. The Hall–Kier alpha value is -0.570. The molecule has 0 aromatic rings. The van der Waals surface area contributed by atoms with Crippen LogP contribution in [-0.2, 0) is 4.79 Å². The Morgan fingerprint density at radius 3 is 2.10 bits per heavy atom. The molecule has 1 unspecified atom stereocenters. The first kappa shape index (κ1) is 9.43. The van der Waals surface area contributed by atoms with E-state index in [2.05, 4.69) is 0 Å². The molecule has 0 aliphatic carbocycles. The highest BCUT2D eigenvalue weighted by atomic mass is 16.4. The van der Waals surface area contributed by atoms with E-state index in [9.17, 15) is 9.90 Å².